The third-order valence-corrected chi connectivity index (χ3v) is 23.4. The van der Waals surface area contributed by atoms with Gasteiger partial charge in [-0.15, -0.1) is 0 Å². The first-order valence-electron chi connectivity index (χ1n) is 22.6. The number of hydrogen-bond acceptors (Lipinski definition) is 2. The van der Waals surface area contributed by atoms with Gasteiger partial charge >= 0.3 is 333 Å². The van der Waals surface area contributed by atoms with Crippen LogP contribution in [0.1, 0.15) is 5.56 Å². The van der Waals surface area contributed by atoms with Crippen LogP contribution in [0.3, 0.4) is 0 Å². The zero-order valence-electron chi connectivity index (χ0n) is 36.6. The summed E-state index contributed by atoms with van der Waals surface area (Å²) in [4.78, 5) is 2.25. The molecule has 2 heterocycles. The molecule has 0 fully saturated rings. The molecule has 0 spiro atoms. The van der Waals surface area contributed by atoms with Crippen molar-refractivity contribution in [2.24, 2.45) is 0 Å². The van der Waals surface area contributed by atoms with Crippen LogP contribution in [-0.2, 0) is 0 Å². The minimum atomic E-state index is -3.71. The molecule has 0 N–H and O–H groups in total. The molecule has 2 aromatic heterocycles. The Labute approximate surface area is 394 Å². The Bertz CT molecular complexity index is 3760. The molecule has 10 aromatic carbocycles. The van der Waals surface area contributed by atoms with Crippen LogP contribution in [0.4, 0.5) is 25.8 Å². The molecule has 0 aliphatic heterocycles. The quantitative estimate of drug-likeness (QED) is 0.135. The van der Waals surface area contributed by atoms with Crippen molar-refractivity contribution in [3.8, 4) is 17.4 Å². The zero-order chi connectivity index (χ0) is 45.8. The topological polar surface area (TPSA) is 36.9 Å². The molecule has 68 heavy (non-hydrogen) atoms. The minimum absolute atomic E-state index is 0.283. The Morgan fingerprint density at radius 1 is 0.353 bits per heavy atom. The van der Waals surface area contributed by atoms with Gasteiger partial charge in [-0.25, -0.2) is 4.39 Å². The van der Waals surface area contributed by atoms with Gasteiger partial charge in [-0.1, -0.05) is 12.1 Å². The summed E-state index contributed by atoms with van der Waals surface area (Å²) in [7, 11) is 0. The molecule has 0 aliphatic carbocycles. The molecule has 0 radical (unpaired) electrons. The first kappa shape index (κ1) is 41.0. The van der Waals surface area contributed by atoms with E-state index < -0.39 is 13.3 Å². The van der Waals surface area contributed by atoms with Gasteiger partial charge in [-0.3, -0.25) is 0 Å². The van der Waals surface area contributed by atoms with Crippen molar-refractivity contribution < 1.29 is 8.78 Å². The number of halogens is 2. The summed E-state index contributed by atoms with van der Waals surface area (Å²) in [6.45, 7) is 0. The SMILES string of the molecule is N#Cc1ccc(N(c2ccc3c(c2)c2ccccc2n3-c2ccc(F)cc2)c2ccc3c(c2)c2c[c]([Ge]([c]4ccccc4)([c]4ccccc4)[c]4ccccc4)ccc2n3-c2ccc(F)cc2)cc1. The fourth-order valence-corrected chi connectivity index (χ4v) is 20.4. The summed E-state index contributed by atoms with van der Waals surface area (Å²) in [5.41, 5.74) is 9.06. The second-order valence-corrected chi connectivity index (χ2v) is 25.1. The van der Waals surface area contributed by atoms with E-state index in [2.05, 4.69) is 178 Å². The van der Waals surface area contributed by atoms with E-state index in [4.69, 9.17) is 0 Å². The standard InChI is InChI=1S/C61H40F2GeN4/c62-43-22-29-50(30-23-43)67-58-19-11-10-18-54(58)56-39-52(33-36-60(56)67)66(49-27-20-42(41-65)21-28-49)53-34-37-61-57(40-53)55-38-48(26-35-59(55)68(61)51-31-24-44(63)25-32-51)64(45-12-4-1-5-13-45,46-14-6-2-7-15-46)47-16-8-3-9-17-47/h1-40H. The van der Waals surface area contributed by atoms with Crippen LogP contribution in [-0.4, -0.2) is 22.4 Å². The number of fused-ring (bicyclic) bond motifs is 6. The first-order chi connectivity index (χ1) is 33.5. The fraction of sp³-hybridized carbons (Fsp3) is 0. The average Bonchev–Trinajstić information content (AvgIpc) is 3.90. The molecule has 7 heteroatoms. The molecule has 0 unspecified atom stereocenters. The van der Waals surface area contributed by atoms with Crippen molar-refractivity contribution in [2.45, 2.75) is 0 Å². The molecular formula is C61H40F2GeN4. The summed E-state index contributed by atoms with van der Waals surface area (Å²) >= 11 is -3.71. The van der Waals surface area contributed by atoms with E-state index in [9.17, 15) is 14.0 Å². The molecule has 0 saturated heterocycles. The van der Waals surface area contributed by atoms with Crippen LogP contribution in [0, 0.1) is 23.0 Å². The Morgan fingerprint density at radius 3 is 1.24 bits per heavy atom. The second-order valence-electron chi connectivity index (χ2n) is 17.1. The van der Waals surface area contributed by atoms with Gasteiger partial charge in [-0.05, 0) is 30.3 Å². The van der Waals surface area contributed by atoms with Gasteiger partial charge in [0, 0.05) is 5.69 Å². The van der Waals surface area contributed by atoms with Crippen molar-refractivity contribution in [3.05, 3.63) is 260 Å². The summed E-state index contributed by atoms with van der Waals surface area (Å²) in [5.74, 6) is -0.573. The van der Waals surface area contributed by atoms with Gasteiger partial charge in [0.1, 0.15) is 5.82 Å². The number of para-hydroxylation sites is 1. The van der Waals surface area contributed by atoms with Crippen LogP contribution < -0.4 is 22.5 Å². The number of hydrogen-bond donors (Lipinski definition) is 0. The van der Waals surface area contributed by atoms with E-state index in [1.807, 2.05) is 60.7 Å². The molecule has 4 nitrogen and oxygen atoms in total. The second kappa shape index (κ2) is 16.7. The van der Waals surface area contributed by atoms with Crippen LogP contribution in [0.25, 0.3) is 55.0 Å². The predicted octanol–water partition coefficient (Wildman–Crippen LogP) is 12.9. The molecular weight excluding hydrogens is 899 g/mol. The number of aromatic nitrogens is 2. The van der Waals surface area contributed by atoms with E-state index in [-0.39, 0.29) is 11.6 Å². The van der Waals surface area contributed by atoms with Gasteiger partial charge in [0.2, 0.25) is 0 Å². The Kier molecular flexibility index (Phi) is 10.1. The van der Waals surface area contributed by atoms with Crippen LogP contribution in [0.15, 0.2) is 243 Å². The average molecular weight is 940 g/mol. The molecule has 0 amide bonds. The van der Waals surface area contributed by atoms with Crippen LogP contribution in [0.2, 0.25) is 0 Å². The Balaban J connectivity index is 1.13. The number of rotatable bonds is 9. The third kappa shape index (κ3) is 6.70. The third-order valence-electron chi connectivity index (χ3n) is 13.4. The van der Waals surface area contributed by atoms with Gasteiger partial charge in [0.05, 0.1) is 0 Å². The summed E-state index contributed by atoms with van der Waals surface area (Å²) in [6, 6.07) is 84.7. The number of benzene rings is 10. The van der Waals surface area contributed by atoms with E-state index in [1.165, 1.54) is 41.8 Å². The van der Waals surface area contributed by atoms with E-state index in [1.54, 1.807) is 0 Å². The van der Waals surface area contributed by atoms with Gasteiger partial charge in [-0.2, -0.15) is 5.26 Å². The Morgan fingerprint density at radius 2 is 0.750 bits per heavy atom. The van der Waals surface area contributed by atoms with Crippen molar-refractivity contribution in [1.82, 2.24) is 9.13 Å². The Hall–Kier alpha value is -8.51. The maximum absolute atomic E-state index is 14.6. The fourth-order valence-electron chi connectivity index (χ4n) is 10.4. The number of anilines is 3. The molecule has 12 rings (SSSR count). The van der Waals surface area contributed by atoms with Crippen molar-refractivity contribution in [3.63, 3.8) is 0 Å². The number of nitriles is 1. The predicted molar refractivity (Wildman–Crippen MR) is 278 cm³/mol. The van der Waals surface area contributed by atoms with E-state index in [0.717, 1.165) is 72.0 Å². The zero-order valence-corrected chi connectivity index (χ0v) is 38.7. The normalized spacial score (nSPS) is 11.7. The summed E-state index contributed by atoms with van der Waals surface area (Å²) in [5, 5.41) is 14.1. The molecule has 0 saturated carbocycles. The molecule has 0 aliphatic rings. The maximum atomic E-state index is 14.6. The van der Waals surface area contributed by atoms with Gasteiger partial charge in [0.15, 0.2) is 0 Å². The van der Waals surface area contributed by atoms with Gasteiger partial charge in [0.25, 0.3) is 0 Å². The molecule has 0 atom stereocenters. The molecule has 12 aromatic rings. The monoisotopic (exact) mass is 940 g/mol. The van der Waals surface area contributed by atoms with E-state index >= 15 is 0 Å². The van der Waals surface area contributed by atoms with Crippen LogP contribution >= 0.6 is 0 Å². The molecule has 322 valence electrons. The van der Waals surface area contributed by atoms with Crippen molar-refractivity contribution >= 4 is 91.5 Å². The van der Waals surface area contributed by atoms with Crippen molar-refractivity contribution in [2.75, 3.05) is 4.90 Å². The van der Waals surface area contributed by atoms with E-state index in [0.29, 0.717) is 5.56 Å². The van der Waals surface area contributed by atoms with Crippen LogP contribution in [0.5, 0.6) is 0 Å². The van der Waals surface area contributed by atoms with Gasteiger partial charge < -0.3 is 0 Å². The summed E-state index contributed by atoms with van der Waals surface area (Å²) < 4.78 is 38.5. The summed E-state index contributed by atoms with van der Waals surface area (Å²) in [6.07, 6.45) is 0. The first-order valence-corrected chi connectivity index (χ1v) is 26.8. The van der Waals surface area contributed by atoms with Crippen molar-refractivity contribution in [1.29, 1.82) is 5.26 Å². The molecule has 0 bridgehead atoms. The number of nitrogens with zero attached hydrogens (tertiary/aromatic N) is 4.